The molecule has 0 unspecified atom stereocenters. The Balaban J connectivity index is 1.53. The highest BCUT2D eigenvalue weighted by atomic mass is 19.1. The number of likely N-dealkylation sites (tertiary alicyclic amines) is 1. The average Bonchev–Trinajstić information content (AvgIpc) is 3.29. The van der Waals surface area contributed by atoms with Gasteiger partial charge in [0.05, 0.1) is 25.7 Å². The Morgan fingerprint density at radius 2 is 1.97 bits per heavy atom. The molecule has 1 fully saturated rings. The molecule has 2 heterocycles. The number of piperidine rings is 1. The summed E-state index contributed by atoms with van der Waals surface area (Å²) in [4.78, 5) is 19.4. The molecule has 4 rings (SSSR count). The van der Waals surface area contributed by atoms with Crippen molar-refractivity contribution in [2.45, 2.75) is 18.8 Å². The van der Waals surface area contributed by atoms with E-state index >= 15 is 0 Å². The van der Waals surface area contributed by atoms with Crippen molar-refractivity contribution in [1.82, 2.24) is 15.0 Å². The fourth-order valence-electron chi connectivity index (χ4n) is 3.71. The summed E-state index contributed by atoms with van der Waals surface area (Å²) in [5.41, 5.74) is 1.13. The van der Waals surface area contributed by atoms with Gasteiger partial charge in [-0.1, -0.05) is 11.2 Å². The van der Waals surface area contributed by atoms with Crippen LogP contribution in [0.1, 0.15) is 35.0 Å². The fraction of sp³-hybridized carbons (Fsp3) is 0.318. The van der Waals surface area contributed by atoms with Crippen molar-refractivity contribution < 1.29 is 23.2 Å². The van der Waals surface area contributed by atoms with E-state index in [1.165, 1.54) is 26.4 Å². The average molecular weight is 411 g/mol. The third-order valence-corrected chi connectivity index (χ3v) is 5.24. The number of hydrogen-bond acceptors (Lipinski definition) is 6. The van der Waals surface area contributed by atoms with Crippen molar-refractivity contribution in [1.29, 1.82) is 0 Å². The van der Waals surface area contributed by atoms with Gasteiger partial charge in [0.2, 0.25) is 11.7 Å². The predicted octanol–water partition coefficient (Wildman–Crippen LogP) is 3.91. The van der Waals surface area contributed by atoms with E-state index in [1.807, 2.05) is 0 Å². The Hall–Kier alpha value is -3.42. The summed E-state index contributed by atoms with van der Waals surface area (Å²) in [7, 11) is 3.06. The Bertz CT molecular complexity index is 1040. The predicted molar refractivity (Wildman–Crippen MR) is 107 cm³/mol. The highest BCUT2D eigenvalue weighted by molar-refractivity contribution is 5.98. The molecule has 1 aliphatic rings. The number of carbonyl (C=O) groups excluding carboxylic acids is 1. The van der Waals surface area contributed by atoms with E-state index in [0.717, 1.165) is 12.8 Å². The van der Waals surface area contributed by atoms with Crippen LogP contribution >= 0.6 is 0 Å². The lowest BCUT2D eigenvalue weighted by Crippen LogP contribution is -2.39. The maximum absolute atomic E-state index is 13.2. The number of rotatable bonds is 5. The summed E-state index contributed by atoms with van der Waals surface area (Å²) >= 11 is 0. The Labute approximate surface area is 173 Å². The minimum absolute atomic E-state index is 0.0685. The lowest BCUT2D eigenvalue weighted by atomic mass is 9.97. The molecular weight excluding hydrogens is 389 g/mol. The first-order valence-corrected chi connectivity index (χ1v) is 9.70. The van der Waals surface area contributed by atoms with Gasteiger partial charge < -0.3 is 18.9 Å². The smallest absolute Gasteiger partial charge is 0.257 e. The van der Waals surface area contributed by atoms with Gasteiger partial charge in [-0.2, -0.15) is 4.98 Å². The van der Waals surface area contributed by atoms with E-state index in [-0.39, 0.29) is 17.6 Å². The van der Waals surface area contributed by atoms with Gasteiger partial charge in [0.25, 0.3) is 5.91 Å². The van der Waals surface area contributed by atoms with Crippen LogP contribution in [-0.2, 0) is 0 Å². The summed E-state index contributed by atoms with van der Waals surface area (Å²) in [5, 5.41) is 4.02. The zero-order valence-electron chi connectivity index (χ0n) is 16.8. The molecule has 0 radical (unpaired) electrons. The molecule has 0 spiro atoms. The van der Waals surface area contributed by atoms with Gasteiger partial charge in [-0.25, -0.2) is 4.39 Å². The first kappa shape index (κ1) is 19.9. The van der Waals surface area contributed by atoms with Crippen LogP contribution in [0.2, 0.25) is 0 Å². The van der Waals surface area contributed by atoms with Crippen LogP contribution in [0.25, 0.3) is 11.4 Å². The van der Waals surface area contributed by atoms with Crippen LogP contribution in [0.15, 0.2) is 47.0 Å². The topological polar surface area (TPSA) is 77.7 Å². The SMILES string of the molecule is COc1cccc(C(=O)N2CCC[C@@H](c3nc(-c4ccc(F)cc4)no3)C2)c1OC. The quantitative estimate of drug-likeness (QED) is 0.633. The zero-order chi connectivity index (χ0) is 21.1. The second-order valence-corrected chi connectivity index (χ2v) is 7.09. The summed E-state index contributed by atoms with van der Waals surface area (Å²) in [6, 6.07) is 11.2. The van der Waals surface area contributed by atoms with Crippen LogP contribution in [0.5, 0.6) is 11.5 Å². The van der Waals surface area contributed by atoms with Gasteiger partial charge >= 0.3 is 0 Å². The summed E-state index contributed by atoms with van der Waals surface area (Å²) < 4.78 is 29.3. The number of carbonyl (C=O) groups is 1. The maximum atomic E-state index is 13.2. The van der Waals surface area contributed by atoms with Gasteiger partial charge in [0.1, 0.15) is 5.82 Å². The summed E-state index contributed by atoms with van der Waals surface area (Å²) in [6.45, 7) is 1.10. The van der Waals surface area contributed by atoms with E-state index in [2.05, 4.69) is 10.1 Å². The maximum Gasteiger partial charge on any atom is 0.257 e. The molecule has 156 valence electrons. The molecule has 1 saturated heterocycles. The van der Waals surface area contributed by atoms with Gasteiger partial charge in [0.15, 0.2) is 11.5 Å². The van der Waals surface area contributed by atoms with Crippen LogP contribution in [-0.4, -0.2) is 48.3 Å². The minimum Gasteiger partial charge on any atom is -0.493 e. The molecule has 0 aliphatic carbocycles. The van der Waals surface area contributed by atoms with Gasteiger partial charge in [-0.15, -0.1) is 0 Å². The van der Waals surface area contributed by atoms with Gasteiger partial charge in [0, 0.05) is 18.7 Å². The van der Waals surface area contributed by atoms with Crippen LogP contribution in [0.4, 0.5) is 4.39 Å². The Morgan fingerprint density at radius 1 is 1.17 bits per heavy atom. The lowest BCUT2D eigenvalue weighted by molar-refractivity contribution is 0.0691. The molecule has 8 heteroatoms. The molecular formula is C22H22FN3O4. The first-order valence-electron chi connectivity index (χ1n) is 9.70. The van der Waals surface area contributed by atoms with Crippen molar-refractivity contribution >= 4 is 5.91 Å². The number of ether oxygens (including phenoxy) is 2. The number of amides is 1. The van der Waals surface area contributed by atoms with E-state index < -0.39 is 0 Å². The standard InChI is InChI=1S/C22H22FN3O4/c1-28-18-7-3-6-17(19(18)29-2)22(27)26-12-4-5-15(13-26)21-24-20(25-30-21)14-8-10-16(23)11-9-14/h3,6-11,15H,4-5,12-13H2,1-2H3/t15-/m1/s1. The first-order chi connectivity index (χ1) is 14.6. The Morgan fingerprint density at radius 3 is 2.70 bits per heavy atom. The number of aromatic nitrogens is 2. The number of nitrogens with zero attached hydrogens (tertiary/aromatic N) is 3. The van der Waals surface area contributed by atoms with E-state index in [9.17, 15) is 9.18 Å². The van der Waals surface area contributed by atoms with Crippen molar-refractivity contribution in [2.75, 3.05) is 27.3 Å². The largest absolute Gasteiger partial charge is 0.493 e. The molecule has 1 aliphatic heterocycles. The lowest BCUT2D eigenvalue weighted by Gasteiger charge is -2.31. The normalized spacial score (nSPS) is 16.4. The minimum atomic E-state index is -0.322. The van der Waals surface area contributed by atoms with E-state index in [1.54, 1.807) is 35.2 Å². The molecule has 3 aromatic rings. The third kappa shape index (κ3) is 3.85. The molecule has 0 saturated carbocycles. The van der Waals surface area contributed by atoms with E-state index in [0.29, 0.717) is 47.4 Å². The number of benzene rings is 2. The van der Waals surface area contributed by atoms with Gasteiger partial charge in [-0.05, 0) is 49.2 Å². The molecule has 7 nitrogen and oxygen atoms in total. The number of hydrogen-bond donors (Lipinski definition) is 0. The van der Waals surface area contributed by atoms with Crippen LogP contribution < -0.4 is 9.47 Å². The van der Waals surface area contributed by atoms with Crippen molar-refractivity contribution in [3.8, 4) is 22.9 Å². The molecule has 2 aromatic carbocycles. The molecule has 1 atom stereocenters. The monoisotopic (exact) mass is 411 g/mol. The molecule has 0 bridgehead atoms. The van der Waals surface area contributed by atoms with Crippen molar-refractivity contribution in [3.05, 3.63) is 59.7 Å². The Kier molecular flexibility index (Phi) is 5.65. The van der Waals surface area contributed by atoms with E-state index in [4.69, 9.17) is 14.0 Å². The summed E-state index contributed by atoms with van der Waals surface area (Å²) in [6.07, 6.45) is 1.65. The second kappa shape index (κ2) is 8.52. The van der Waals surface area contributed by atoms with Crippen molar-refractivity contribution in [3.63, 3.8) is 0 Å². The molecule has 1 amide bonds. The van der Waals surface area contributed by atoms with Crippen molar-refractivity contribution in [2.24, 2.45) is 0 Å². The third-order valence-electron chi connectivity index (χ3n) is 5.24. The zero-order valence-corrected chi connectivity index (χ0v) is 16.8. The molecule has 1 aromatic heterocycles. The molecule has 30 heavy (non-hydrogen) atoms. The summed E-state index contributed by atoms with van der Waals surface area (Å²) in [5.74, 6) is 1.29. The highest BCUT2D eigenvalue weighted by Crippen LogP contribution is 2.34. The number of halogens is 1. The number of para-hydroxylation sites is 1. The second-order valence-electron chi connectivity index (χ2n) is 7.09. The molecule has 0 N–H and O–H groups in total. The van der Waals surface area contributed by atoms with Crippen LogP contribution in [0, 0.1) is 5.82 Å². The van der Waals surface area contributed by atoms with Gasteiger partial charge in [-0.3, -0.25) is 4.79 Å². The van der Waals surface area contributed by atoms with Crippen LogP contribution in [0.3, 0.4) is 0 Å². The highest BCUT2D eigenvalue weighted by Gasteiger charge is 2.31. The number of methoxy groups -OCH3 is 2. The fourth-order valence-corrected chi connectivity index (χ4v) is 3.71.